The lowest BCUT2D eigenvalue weighted by Gasteiger charge is -2.16. The topological polar surface area (TPSA) is 16.4 Å². The first-order valence-corrected chi connectivity index (χ1v) is 6.15. The Morgan fingerprint density at radius 2 is 2.13 bits per heavy atom. The van der Waals surface area contributed by atoms with Crippen LogP contribution < -0.4 is 4.90 Å². The summed E-state index contributed by atoms with van der Waals surface area (Å²) in [5.41, 5.74) is 1.91. The summed E-state index contributed by atoms with van der Waals surface area (Å²) >= 11 is 6.79. The Kier molecular flexibility index (Phi) is 2.98. The molecule has 78 valence electrons. The number of hydrogen-bond donors (Lipinski definition) is 0. The van der Waals surface area contributed by atoms with Crippen LogP contribution in [0, 0.1) is 0 Å². The molecule has 0 atom stereocenters. The first-order chi connectivity index (χ1) is 7.24. The van der Waals surface area contributed by atoms with E-state index in [-0.39, 0.29) is 0 Å². The second-order valence-electron chi connectivity index (χ2n) is 3.15. The van der Waals surface area contributed by atoms with Gasteiger partial charge in [0.15, 0.2) is 0 Å². The van der Waals surface area contributed by atoms with Crippen molar-refractivity contribution < 1.29 is 4.42 Å². The van der Waals surface area contributed by atoms with Gasteiger partial charge in [-0.05, 0) is 18.4 Å². The number of thioether (sulfide) groups is 1. The molecule has 0 aliphatic heterocycles. The van der Waals surface area contributed by atoms with Crippen LogP contribution in [-0.2, 0) is 0 Å². The van der Waals surface area contributed by atoms with Crippen molar-refractivity contribution in [1.29, 1.82) is 0 Å². The third-order valence-corrected chi connectivity index (χ3v) is 3.67. The van der Waals surface area contributed by atoms with Crippen molar-refractivity contribution in [2.45, 2.75) is 0 Å². The van der Waals surface area contributed by atoms with Gasteiger partial charge < -0.3 is 9.32 Å². The SMILES string of the molecule is CSC(=S)N(C)c1coc2ccccc12. The van der Waals surface area contributed by atoms with Crippen LogP contribution in [-0.4, -0.2) is 17.6 Å². The zero-order valence-electron chi connectivity index (χ0n) is 8.56. The number of nitrogens with zero attached hydrogens (tertiary/aromatic N) is 1. The largest absolute Gasteiger partial charge is 0.462 e. The molecule has 1 aromatic carbocycles. The normalized spacial score (nSPS) is 10.5. The fourth-order valence-corrected chi connectivity index (χ4v) is 1.93. The van der Waals surface area contributed by atoms with E-state index in [2.05, 4.69) is 0 Å². The minimum atomic E-state index is 0.835. The Bertz CT molecular complexity index is 492. The summed E-state index contributed by atoms with van der Waals surface area (Å²) < 4.78 is 6.29. The summed E-state index contributed by atoms with van der Waals surface area (Å²) in [4.78, 5) is 1.96. The van der Waals surface area contributed by atoms with E-state index in [1.54, 1.807) is 18.0 Å². The molecular formula is C11H11NOS2. The monoisotopic (exact) mass is 237 g/mol. The molecule has 0 aliphatic rings. The van der Waals surface area contributed by atoms with Crippen LogP contribution in [0.3, 0.4) is 0 Å². The van der Waals surface area contributed by atoms with E-state index in [0.29, 0.717) is 0 Å². The number of benzene rings is 1. The van der Waals surface area contributed by atoms with Gasteiger partial charge in [0.1, 0.15) is 16.2 Å². The average Bonchev–Trinajstić information content (AvgIpc) is 2.70. The lowest BCUT2D eigenvalue weighted by molar-refractivity contribution is 0.616. The third-order valence-electron chi connectivity index (χ3n) is 2.27. The lowest BCUT2D eigenvalue weighted by Crippen LogP contribution is -2.20. The van der Waals surface area contributed by atoms with Gasteiger partial charge in [0.05, 0.1) is 5.69 Å². The van der Waals surface area contributed by atoms with Crippen LogP contribution in [0.2, 0.25) is 0 Å². The highest BCUT2D eigenvalue weighted by atomic mass is 32.2. The molecule has 0 spiro atoms. The molecule has 2 rings (SSSR count). The predicted octanol–water partition coefficient (Wildman–Crippen LogP) is 3.52. The average molecular weight is 237 g/mol. The predicted molar refractivity (Wildman–Crippen MR) is 70.7 cm³/mol. The molecular weight excluding hydrogens is 226 g/mol. The summed E-state index contributed by atoms with van der Waals surface area (Å²) in [7, 11) is 1.95. The molecule has 0 saturated carbocycles. The maximum absolute atomic E-state index is 5.45. The number of thiocarbonyl (C=S) groups is 1. The van der Waals surface area contributed by atoms with E-state index < -0.39 is 0 Å². The van der Waals surface area contributed by atoms with E-state index in [1.165, 1.54) is 0 Å². The number of hydrogen-bond acceptors (Lipinski definition) is 3. The van der Waals surface area contributed by atoms with Gasteiger partial charge in [-0.3, -0.25) is 0 Å². The highest BCUT2D eigenvalue weighted by Gasteiger charge is 2.12. The molecule has 2 nitrogen and oxygen atoms in total. The van der Waals surface area contributed by atoms with Crippen molar-refractivity contribution in [2.75, 3.05) is 18.2 Å². The van der Waals surface area contributed by atoms with Gasteiger partial charge in [-0.25, -0.2) is 0 Å². The van der Waals surface area contributed by atoms with Crippen molar-refractivity contribution in [3.05, 3.63) is 30.5 Å². The van der Waals surface area contributed by atoms with Crippen LogP contribution in [0.4, 0.5) is 5.69 Å². The molecule has 0 saturated heterocycles. The Labute approximate surface area is 98.2 Å². The van der Waals surface area contributed by atoms with Crippen molar-refractivity contribution in [1.82, 2.24) is 0 Å². The van der Waals surface area contributed by atoms with Crippen LogP contribution in [0.15, 0.2) is 34.9 Å². The molecule has 4 heteroatoms. The summed E-state index contributed by atoms with van der Waals surface area (Å²) in [6.45, 7) is 0. The molecule has 0 N–H and O–H groups in total. The summed E-state index contributed by atoms with van der Waals surface area (Å²) in [6.07, 6.45) is 3.72. The molecule has 0 unspecified atom stereocenters. The first-order valence-electron chi connectivity index (χ1n) is 4.52. The van der Waals surface area contributed by atoms with Gasteiger partial charge in [0, 0.05) is 12.4 Å². The van der Waals surface area contributed by atoms with Crippen molar-refractivity contribution in [2.24, 2.45) is 0 Å². The Hall–Kier alpha value is -1.00. The maximum atomic E-state index is 5.45. The molecule has 0 fully saturated rings. The number of fused-ring (bicyclic) bond motifs is 1. The lowest BCUT2D eigenvalue weighted by atomic mass is 10.2. The second-order valence-corrected chi connectivity index (χ2v) is 4.59. The van der Waals surface area contributed by atoms with Crippen molar-refractivity contribution in [3.63, 3.8) is 0 Å². The van der Waals surface area contributed by atoms with Gasteiger partial charge in [0.2, 0.25) is 0 Å². The van der Waals surface area contributed by atoms with Gasteiger partial charge in [-0.15, -0.1) is 11.8 Å². The van der Waals surface area contributed by atoms with Crippen molar-refractivity contribution in [3.8, 4) is 0 Å². The van der Waals surface area contributed by atoms with Gasteiger partial charge in [-0.1, -0.05) is 24.4 Å². The number of rotatable bonds is 1. The van der Waals surface area contributed by atoms with Crippen molar-refractivity contribution >= 4 is 45.0 Å². The highest BCUT2D eigenvalue weighted by molar-refractivity contribution is 8.22. The Morgan fingerprint density at radius 1 is 1.40 bits per heavy atom. The standard InChI is InChI=1S/C11H11NOS2/c1-12(11(14)15-2)9-7-13-10-6-4-3-5-8(9)10/h3-7H,1-2H3. The molecule has 1 aromatic heterocycles. The molecule has 0 radical (unpaired) electrons. The Morgan fingerprint density at radius 3 is 2.87 bits per heavy atom. The highest BCUT2D eigenvalue weighted by Crippen LogP contribution is 2.29. The number of anilines is 1. The van der Waals surface area contributed by atoms with Gasteiger partial charge >= 0.3 is 0 Å². The quantitative estimate of drug-likeness (QED) is 0.705. The third kappa shape index (κ3) is 1.87. The minimum Gasteiger partial charge on any atom is -0.462 e. The molecule has 0 amide bonds. The minimum absolute atomic E-state index is 0.835. The van der Waals surface area contributed by atoms with E-state index in [1.807, 2.05) is 42.5 Å². The van der Waals surface area contributed by atoms with Crippen LogP contribution in [0.25, 0.3) is 11.0 Å². The second kappa shape index (κ2) is 4.24. The number of para-hydroxylation sites is 1. The van der Waals surface area contributed by atoms with Crippen LogP contribution in [0.1, 0.15) is 0 Å². The molecule has 15 heavy (non-hydrogen) atoms. The molecule has 2 aromatic rings. The van der Waals surface area contributed by atoms with E-state index >= 15 is 0 Å². The first kappa shape index (κ1) is 10.5. The maximum Gasteiger partial charge on any atom is 0.140 e. The summed E-state index contributed by atoms with van der Waals surface area (Å²) in [5.74, 6) is 0. The Balaban J connectivity index is 2.48. The summed E-state index contributed by atoms with van der Waals surface area (Å²) in [5, 5.41) is 1.09. The zero-order valence-corrected chi connectivity index (χ0v) is 10.2. The number of furan rings is 1. The van der Waals surface area contributed by atoms with Gasteiger partial charge in [-0.2, -0.15) is 0 Å². The van der Waals surface area contributed by atoms with E-state index in [4.69, 9.17) is 16.6 Å². The van der Waals surface area contributed by atoms with Crippen LogP contribution in [0.5, 0.6) is 0 Å². The fourth-order valence-electron chi connectivity index (χ4n) is 1.46. The zero-order chi connectivity index (χ0) is 10.8. The molecule has 0 bridgehead atoms. The van der Waals surface area contributed by atoms with Crippen LogP contribution >= 0.6 is 24.0 Å². The van der Waals surface area contributed by atoms with Gasteiger partial charge in [0.25, 0.3) is 0 Å². The van der Waals surface area contributed by atoms with E-state index in [9.17, 15) is 0 Å². The fraction of sp³-hybridized carbons (Fsp3) is 0.182. The van der Waals surface area contributed by atoms with E-state index in [0.717, 1.165) is 21.0 Å². The molecule has 1 heterocycles. The smallest absolute Gasteiger partial charge is 0.140 e. The molecule has 0 aliphatic carbocycles. The summed E-state index contributed by atoms with van der Waals surface area (Å²) in [6, 6.07) is 7.95.